The van der Waals surface area contributed by atoms with E-state index in [0.29, 0.717) is 0 Å². The lowest BCUT2D eigenvalue weighted by atomic mass is 10.2. The zero-order valence-electron chi connectivity index (χ0n) is 8.73. The van der Waals surface area contributed by atoms with Crippen LogP contribution in [-0.4, -0.2) is 35.9 Å². The van der Waals surface area contributed by atoms with Crippen molar-refractivity contribution in [3.63, 3.8) is 0 Å². The molecular weight excluding hydrogens is 354 g/mol. The lowest BCUT2D eigenvalue weighted by Gasteiger charge is -2.13. The van der Waals surface area contributed by atoms with Crippen LogP contribution in [0.25, 0.3) is 0 Å². The van der Waals surface area contributed by atoms with Crippen LogP contribution in [0, 0.1) is 0 Å². The molecule has 2 rings (SSSR count). The maximum absolute atomic E-state index is 5.35. The molecule has 1 aromatic rings. The van der Waals surface area contributed by atoms with E-state index in [4.69, 9.17) is 4.74 Å². The summed E-state index contributed by atoms with van der Waals surface area (Å²) in [5, 5.41) is 1.28. The molecule has 0 spiro atoms. The van der Waals surface area contributed by atoms with Crippen molar-refractivity contribution < 1.29 is 26.3 Å². The van der Waals surface area contributed by atoms with Gasteiger partial charge in [0.2, 0.25) is 0 Å². The van der Waals surface area contributed by atoms with Gasteiger partial charge in [-0.05, 0) is 12.1 Å². The predicted octanol–water partition coefficient (Wildman–Crippen LogP) is -0.477. The van der Waals surface area contributed by atoms with Crippen molar-refractivity contribution in [3.05, 3.63) is 35.9 Å². The third-order valence-electron chi connectivity index (χ3n) is 2.39. The normalized spacial score (nSPS) is 15.4. The number of ether oxygens (including phenoxy) is 1. The molecule has 1 fully saturated rings. The molecule has 1 saturated heterocycles. The second-order valence-electron chi connectivity index (χ2n) is 3.35. The van der Waals surface area contributed by atoms with Gasteiger partial charge in [-0.3, -0.25) is 0 Å². The molecule has 0 saturated carbocycles. The van der Waals surface area contributed by atoms with E-state index in [1.54, 1.807) is 10.2 Å². The maximum Gasteiger partial charge on any atom is 0.253 e. The molecule has 0 radical (unpaired) electrons. The first kappa shape index (κ1) is 14.2. The summed E-state index contributed by atoms with van der Waals surface area (Å²) in [4.78, 5) is 0. The van der Waals surface area contributed by atoms with Crippen molar-refractivity contribution in [2.75, 3.05) is 26.3 Å². The minimum absolute atomic E-state index is 0. The van der Waals surface area contributed by atoms with Gasteiger partial charge in [-0.2, -0.15) is 0 Å². The Balaban J connectivity index is 0.00000128. The van der Waals surface area contributed by atoms with Crippen molar-refractivity contribution in [1.29, 1.82) is 0 Å². The van der Waals surface area contributed by atoms with Gasteiger partial charge in [0.15, 0.2) is 13.1 Å². The Bertz CT molecular complexity index is 348. The van der Waals surface area contributed by atoms with E-state index in [0.717, 1.165) is 26.3 Å². The number of benzene rings is 1. The average molecular weight is 367 g/mol. The van der Waals surface area contributed by atoms with E-state index >= 15 is 0 Å². The average Bonchev–Trinajstić information content (AvgIpc) is 2.33. The molecule has 0 aromatic heterocycles. The maximum atomic E-state index is 5.35. The minimum atomic E-state index is 0. The van der Waals surface area contributed by atoms with E-state index in [-0.39, 0.29) is 17.0 Å². The van der Waals surface area contributed by atoms with Gasteiger partial charge >= 0.3 is 0 Å². The highest BCUT2D eigenvalue weighted by atomic mass is 79.9. The van der Waals surface area contributed by atoms with Gasteiger partial charge in [-0.1, -0.05) is 18.2 Å². The minimum Gasteiger partial charge on any atom is -1.00 e. The largest absolute Gasteiger partial charge is 1.00 e. The number of rotatable bonds is 1. The van der Waals surface area contributed by atoms with Crippen molar-refractivity contribution in [2.45, 2.75) is 0 Å². The lowest BCUT2D eigenvalue weighted by molar-refractivity contribution is -0.546. The van der Waals surface area contributed by atoms with Gasteiger partial charge in [0.1, 0.15) is 13.2 Å². The molecule has 2 nitrogen and oxygen atoms in total. The van der Waals surface area contributed by atoms with Crippen LogP contribution in [0.2, 0.25) is 0 Å². The van der Waals surface area contributed by atoms with Gasteiger partial charge in [-0.15, -0.1) is 0 Å². The van der Waals surface area contributed by atoms with Crippen molar-refractivity contribution >= 4 is 30.1 Å². The molecule has 88 valence electrons. The summed E-state index contributed by atoms with van der Waals surface area (Å²) in [6.45, 7) is 3.60. The molecule has 0 bridgehead atoms. The van der Waals surface area contributed by atoms with Crippen molar-refractivity contribution in [2.24, 2.45) is 0 Å². The number of nitrogens with zero attached hydrogens (tertiary/aromatic N) is 1. The predicted molar refractivity (Wildman–Crippen MR) is 67.9 cm³/mol. The van der Waals surface area contributed by atoms with E-state index in [1.165, 1.54) is 10.6 Å². The van der Waals surface area contributed by atoms with Gasteiger partial charge in [0.25, 0.3) is 5.04 Å². The number of hydrogen-bond donors (Lipinski definition) is 0. The van der Waals surface area contributed by atoms with Gasteiger partial charge in [0.05, 0.1) is 5.56 Å². The van der Waals surface area contributed by atoms with Crippen LogP contribution in [0.5, 0.6) is 0 Å². The van der Waals surface area contributed by atoms with Gasteiger partial charge in [-0.25, -0.2) is 4.58 Å². The first-order valence-corrected chi connectivity index (χ1v) is 7.61. The van der Waals surface area contributed by atoms with Crippen LogP contribution in [0.4, 0.5) is 0 Å². The number of hydrogen-bond acceptors (Lipinski definition) is 2. The Labute approximate surface area is 118 Å². The first-order chi connectivity index (χ1) is 7.42. The van der Waals surface area contributed by atoms with Gasteiger partial charge in [0, 0.05) is 25.0 Å². The van der Waals surface area contributed by atoms with E-state index < -0.39 is 0 Å². The molecule has 1 aromatic carbocycles. The molecule has 5 heteroatoms. The molecular formula is C11H13Br2NOS. The monoisotopic (exact) mass is 365 g/mol. The topological polar surface area (TPSA) is 12.2 Å². The highest BCUT2D eigenvalue weighted by Gasteiger charge is 2.19. The number of morpholine rings is 1. The standard InChI is InChI=1S/C11H13BrNOS.BrH/c12-15-11(10-4-2-1-3-5-10)13-6-8-14-9-7-13;/h1-5H,6-9H2;1H/q+1;/p-1. The summed E-state index contributed by atoms with van der Waals surface area (Å²) in [7, 11) is 1.63. The van der Waals surface area contributed by atoms with Crippen LogP contribution < -0.4 is 17.0 Å². The molecule has 1 aliphatic rings. The van der Waals surface area contributed by atoms with Gasteiger partial charge < -0.3 is 21.7 Å². The highest BCUT2D eigenvalue weighted by molar-refractivity contribution is 9.52. The fourth-order valence-electron chi connectivity index (χ4n) is 1.62. The summed E-state index contributed by atoms with van der Waals surface area (Å²) in [5.41, 5.74) is 1.27. The lowest BCUT2D eigenvalue weighted by Crippen LogP contribution is -3.00. The van der Waals surface area contributed by atoms with Crippen molar-refractivity contribution in [3.8, 4) is 0 Å². The molecule has 0 amide bonds. The Morgan fingerprint density at radius 2 is 1.81 bits per heavy atom. The van der Waals surface area contributed by atoms with Crippen LogP contribution >= 0.6 is 25.0 Å². The second kappa shape index (κ2) is 7.48. The number of halogens is 2. The Morgan fingerprint density at radius 3 is 2.38 bits per heavy atom. The molecule has 0 aliphatic carbocycles. The van der Waals surface area contributed by atoms with E-state index in [1.807, 2.05) is 6.07 Å². The Kier molecular flexibility index (Phi) is 6.65. The van der Waals surface area contributed by atoms with Crippen LogP contribution in [0.3, 0.4) is 0 Å². The molecule has 16 heavy (non-hydrogen) atoms. The summed E-state index contributed by atoms with van der Waals surface area (Å²) in [6.07, 6.45) is 0. The van der Waals surface area contributed by atoms with E-state index in [2.05, 4.69) is 43.7 Å². The Hall–Kier alpha value is 0.160. The van der Waals surface area contributed by atoms with Crippen LogP contribution in [-0.2, 0) is 4.74 Å². The zero-order chi connectivity index (χ0) is 10.5. The summed E-state index contributed by atoms with van der Waals surface area (Å²) in [5.74, 6) is 0. The summed E-state index contributed by atoms with van der Waals surface area (Å²) in [6, 6.07) is 10.5. The van der Waals surface area contributed by atoms with E-state index in [9.17, 15) is 0 Å². The van der Waals surface area contributed by atoms with Crippen LogP contribution in [0.1, 0.15) is 5.56 Å². The first-order valence-electron chi connectivity index (χ1n) is 4.95. The smallest absolute Gasteiger partial charge is 0.253 e. The molecule has 0 atom stereocenters. The molecule has 1 aliphatic heterocycles. The second-order valence-corrected chi connectivity index (χ2v) is 4.86. The zero-order valence-corrected chi connectivity index (χ0v) is 12.7. The third-order valence-corrected chi connectivity index (χ3v) is 3.95. The highest BCUT2D eigenvalue weighted by Crippen LogP contribution is 2.19. The SMILES string of the molecule is BrSC(c1ccccc1)=[N+]1CCOCC1.[Br-]. The van der Waals surface area contributed by atoms with Crippen molar-refractivity contribution in [1.82, 2.24) is 0 Å². The molecule has 0 N–H and O–H groups in total. The molecule has 1 heterocycles. The summed E-state index contributed by atoms with van der Waals surface area (Å²) >= 11 is 3.49. The fraction of sp³-hybridized carbons (Fsp3) is 0.364. The molecule has 0 unspecified atom stereocenters. The fourth-order valence-corrected chi connectivity index (χ4v) is 3.30. The Morgan fingerprint density at radius 1 is 1.19 bits per heavy atom. The third kappa shape index (κ3) is 3.58. The quantitative estimate of drug-likeness (QED) is 0.492. The van der Waals surface area contributed by atoms with Crippen LogP contribution in [0.15, 0.2) is 30.3 Å². The summed E-state index contributed by atoms with van der Waals surface area (Å²) < 4.78 is 7.71.